The highest BCUT2D eigenvalue weighted by molar-refractivity contribution is 5.92. The number of carbonyl (C=O) groups excluding carboxylic acids is 1. The standard InChI is InChI=1S/C13H19N3O/c1-16-12(7-11(15-16)10-5-6-10)13(17)14-8-9-3-2-4-9/h7,9-10H,2-6,8H2,1H3,(H,14,17). The van der Waals surface area contributed by atoms with Crippen LogP contribution in [0.4, 0.5) is 0 Å². The Hall–Kier alpha value is -1.32. The van der Waals surface area contributed by atoms with Gasteiger partial charge in [0.1, 0.15) is 5.69 Å². The molecule has 0 bridgehead atoms. The molecule has 2 saturated carbocycles. The van der Waals surface area contributed by atoms with Crippen molar-refractivity contribution in [2.45, 2.75) is 38.0 Å². The minimum absolute atomic E-state index is 0.0267. The summed E-state index contributed by atoms with van der Waals surface area (Å²) < 4.78 is 1.71. The zero-order valence-electron chi connectivity index (χ0n) is 10.3. The quantitative estimate of drug-likeness (QED) is 0.862. The Morgan fingerprint density at radius 1 is 1.47 bits per heavy atom. The van der Waals surface area contributed by atoms with Crippen LogP contribution in [0.25, 0.3) is 0 Å². The smallest absolute Gasteiger partial charge is 0.269 e. The van der Waals surface area contributed by atoms with E-state index in [1.807, 2.05) is 13.1 Å². The molecule has 3 rings (SSSR count). The molecule has 0 atom stereocenters. The normalized spacial score (nSPS) is 20.1. The van der Waals surface area contributed by atoms with E-state index in [9.17, 15) is 4.79 Å². The van der Waals surface area contributed by atoms with E-state index in [4.69, 9.17) is 0 Å². The number of amides is 1. The van der Waals surface area contributed by atoms with E-state index in [0.717, 1.165) is 12.2 Å². The first kappa shape index (κ1) is 10.8. The van der Waals surface area contributed by atoms with Crippen LogP contribution >= 0.6 is 0 Å². The first-order valence-corrected chi connectivity index (χ1v) is 6.56. The predicted molar refractivity (Wildman–Crippen MR) is 64.9 cm³/mol. The first-order chi connectivity index (χ1) is 8.24. The second-order valence-electron chi connectivity index (χ2n) is 5.36. The third-order valence-corrected chi connectivity index (χ3v) is 3.90. The maximum atomic E-state index is 12.0. The lowest BCUT2D eigenvalue weighted by Gasteiger charge is -2.25. The van der Waals surface area contributed by atoms with Crippen LogP contribution in [-0.2, 0) is 7.05 Å². The molecular weight excluding hydrogens is 214 g/mol. The van der Waals surface area contributed by atoms with Gasteiger partial charge in [0.05, 0.1) is 5.69 Å². The monoisotopic (exact) mass is 233 g/mol. The largest absolute Gasteiger partial charge is 0.350 e. The molecule has 2 aliphatic carbocycles. The van der Waals surface area contributed by atoms with Gasteiger partial charge in [-0.15, -0.1) is 0 Å². The molecule has 1 heterocycles. The van der Waals surface area contributed by atoms with E-state index >= 15 is 0 Å². The minimum Gasteiger partial charge on any atom is -0.350 e. The zero-order valence-corrected chi connectivity index (χ0v) is 10.3. The van der Waals surface area contributed by atoms with Crippen LogP contribution in [0.5, 0.6) is 0 Å². The van der Waals surface area contributed by atoms with Gasteiger partial charge < -0.3 is 5.32 Å². The van der Waals surface area contributed by atoms with Gasteiger partial charge in [-0.1, -0.05) is 6.42 Å². The Labute approximate surface area is 101 Å². The second-order valence-corrected chi connectivity index (χ2v) is 5.36. The Morgan fingerprint density at radius 3 is 2.82 bits per heavy atom. The van der Waals surface area contributed by atoms with Gasteiger partial charge >= 0.3 is 0 Å². The number of aryl methyl sites for hydroxylation is 1. The minimum atomic E-state index is 0.0267. The maximum Gasteiger partial charge on any atom is 0.269 e. The summed E-state index contributed by atoms with van der Waals surface area (Å²) in [4.78, 5) is 12.0. The highest BCUT2D eigenvalue weighted by Gasteiger charge is 2.28. The molecule has 0 aliphatic heterocycles. The van der Waals surface area contributed by atoms with Gasteiger partial charge in [-0.05, 0) is 37.7 Å². The van der Waals surface area contributed by atoms with Gasteiger partial charge in [-0.3, -0.25) is 9.48 Å². The van der Waals surface area contributed by atoms with Gasteiger partial charge in [0.25, 0.3) is 5.91 Å². The average Bonchev–Trinajstić information content (AvgIpc) is 3.00. The summed E-state index contributed by atoms with van der Waals surface area (Å²) in [6.45, 7) is 0.822. The van der Waals surface area contributed by atoms with E-state index in [0.29, 0.717) is 17.5 Å². The van der Waals surface area contributed by atoms with Crippen LogP contribution in [-0.4, -0.2) is 22.2 Å². The number of aromatic nitrogens is 2. The molecule has 4 heteroatoms. The predicted octanol–water partition coefficient (Wildman–Crippen LogP) is 1.83. The Balaban J connectivity index is 1.62. The van der Waals surface area contributed by atoms with Crippen LogP contribution in [0.2, 0.25) is 0 Å². The molecule has 1 N–H and O–H groups in total. The van der Waals surface area contributed by atoms with E-state index in [1.54, 1.807) is 4.68 Å². The number of carbonyl (C=O) groups is 1. The maximum absolute atomic E-state index is 12.0. The highest BCUT2D eigenvalue weighted by atomic mass is 16.2. The molecular formula is C13H19N3O. The SMILES string of the molecule is Cn1nc(C2CC2)cc1C(=O)NCC1CCC1. The van der Waals surface area contributed by atoms with Crippen molar-refractivity contribution < 1.29 is 4.79 Å². The fourth-order valence-electron chi connectivity index (χ4n) is 2.31. The van der Waals surface area contributed by atoms with Crippen molar-refractivity contribution in [1.29, 1.82) is 0 Å². The van der Waals surface area contributed by atoms with Crippen molar-refractivity contribution in [2.75, 3.05) is 6.54 Å². The molecule has 0 spiro atoms. The molecule has 0 unspecified atom stereocenters. The average molecular weight is 233 g/mol. The summed E-state index contributed by atoms with van der Waals surface area (Å²) in [5.74, 6) is 1.34. The van der Waals surface area contributed by atoms with E-state index in [-0.39, 0.29) is 5.91 Å². The number of nitrogens with one attached hydrogen (secondary N) is 1. The molecule has 92 valence electrons. The van der Waals surface area contributed by atoms with Crippen molar-refractivity contribution in [3.05, 3.63) is 17.5 Å². The summed E-state index contributed by atoms with van der Waals surface area (Å²) in [6, 6.07) is 1.95. The fourth-order valence-corrected chi connectivity index (χ4v) is 2.31. The summed E-state index contributed by atoms with van der Waals surface area (Å²) in [7, 11) is 1.85. The molecule has 4 nitrogen and oxygen atoms in total. The fraction of sp³-hybridized carbons (Fsp3) is 0.692. The van der Waals surface area contributed by atoms with Gasteiger partial charge in [0.15, 0.2) is 0 Å². The second kappa shape index (κ2) is 4.17. The van der Waals surface area contributed by atoms with Crippen molar-refractivity contribution in [1.82, 2.24) is 15.1 Å². The third-order valence-electron chi connectivity index (χ3n) is 3.90. The molecule has 0 aromatic carbocycles. The van der Waals surface area contributed by atoms with Gasteiger partial charge in [0.2, 0.25) is 0 Å². The topological polar surface area (TPSA) is 46.9 Å². The first-order valence-electron chi connectivity index (χ1n) is 6.56. The highest BCUT2D eigenvalue weighted by Crippen LogP contribution is 2.39. The van der Waals surface area contributed by atoms with Crippen LogP contribution < -0.4 is 5.32 Å². The Morgan fingerprint density at radius 2 is 2.24 bits per heavy atom. The van der Waals surface area contributed by atoms with Gasteiger partial charge in [-0.25, -0.2) is 0 Å². The summed E-state index contributed by atoms with van der Waals surface area (Å²) in [5, 5.41) is 7.43. The van der Waals surface area contributed by atoms with Crippen LogP contribution in [0.15, 0.2) is 6.07 Å². The van der Waals surface area contributed by atoms with E-state index in [1.165, 1.54) is 32.1 Å². The molecule has 1 aromatic heterocycles. The number of rotatable bonds is 4. The molecule has 1 amide bonds. The lowest BCUT2D eigenvalue weighted by atomic mass is 9.85. The Bertz CT molecular complexity index is 430. The Kier molecular flexibility index (Phi) is 2.65. The van der Waals surface area contributed by atoms with Gasteiger partial charge in [0, 0.05) is 19.5 Å². The summed E-state index contributed by atoms with van der Waals surface area (Å²) in [6.07, 6.45) is 6.29. The molecule has 17 heavy (non-hydrogen) atoms. The van der Waals surface area contributed by atoms with Crippen molar-refractivity contribution in [3.63, 3.8) is 0 Å². The lowest BCUT2D eigenvalue weighted by molar-refractivity contribution is 0.0929. The number of hydrogen-bond acceptors (Lipinski definition) is 2. The van der Waals surface area contributed by atoms with E-state index in [2.05, 4.69) is 10.4 Å². The third kappa shape index (κ3) is 2.21. The molecule has 2 aliphatic rings. The number of nitrogens with zero attached hydrogens (tertiary/aromatic N) is 2. The lowest BCUT2D eigenvalue weighted by Crippen LogP contribution is -2.33. The van der Waals surface area contributed by atoms with Crippen molar-refractivity contribution >= 4 is 5.91 Å². The number of hydrogen-bond donors (Lipinski definition) is 1. The molecule has 0 radical (unpaired) electrons. The van der Waals surface area contributed by atoms with Crippen LogP contribution in [0, 0.1) is 5.92 Å². The van der Waals surface area contributed by atoms with Crippen molar-refractivity contribution in [2.24, 2.45) is 13.0 Å². The van der Waals surface area contributed by atoms with Crippen molar-refractivity contribution in [3.8, 4) is 0 Å². The zero-order chi connectivity index (χ0) is 11.8. The van der Waals surface area contributed by atoms with Crippen LogP contribution in [0.1, 0.15) is 54.2 Å². The molecule has 1 aromatic rings. The molecule has 2 fully saturated rings. The summed E-state index contributed by atoms with van der Waals surface area (Å²) >= 11 is 0. The molecule has 0 saturated heterocycles. The van der Waals surface area contributed by atoms with Gasteiger partial charge in [-0.2, -0.15) is 5.10 Å². The van der Waals surface area contributed by atoms with Crippen LogP contribution in [0.3, 0.4) is 0 Å². The summed E-state index contributed by atoms with van der Waals surface area (Å²) in [5.41, 5.74) is 1.78. The van der Waals surface area contributed by atoms with E-state index < -0.39 is 0 Å².